The summed E-state index contributed by atoms with van der Waals surface area (Å²) < 4.78 is 12.5. The number of rotatable bonds is 3. The number of carbonyl (C=O) groups excluding carboxylic acids is 1. The lowest BCUT2D eigenvalue weighted by atomic mass is 9.82. The molecule has 148 valence electrons. The van der Waals surface area contributed by atoms with Gasteiger partial charge in [0, 0.05) is 36.8 Å². The third-order valence-electron chi connectivity index (χ3n) is 6.02. The molecule has 1 fully saturated rings. The summed E-state index contributed by atoms with van der Waals surface area (Å²) in [6, 6.07) is 14.7. The van der Waals surface area contributed by atoms with Crippen LogP contribution in [0.5, 0.6) is 5.75 Å². The Morgan fingerprint density at radius 1 is 1.07 bits per heavy atom. The minimum atomic E-state index is -0.0120. The van der Waals surface area contributed by atoms with Crippen molar-refractivity contribution in [2.75, 3.05) is 20.2 Å². The van der Waals surface area contributed by atoms with E-state index in [2.05, 4.69) is 0 Å². The highest BCUT2D eigenvalue weighted by Gasteiger charge is 2.37. The minimum absolute atomic E-state index is 0.0120. The first-order valence-electron chi connectivity index (χ1n) is 9.85. The first-order valence-corrected chi connectivity index (χ1v) is 9.85. The Kier molecular flexibility index (Phi) is 4.27. The Morgan fingerprint density at radius 2 is 1.90 bits per heavy atom. The predicted octanol–water partition coefficient (Wildman–Crippen LogP) is 3.38. The molecule has 0 aliphatic carbocycles. The van der Waals surface area contributed by atoms with Crippen molar-refractivity contribution in [3.63, 3.8) is 0 Å². The fourth-order valence-electron chi connectivity index (χ4n) is 4.65. The Hall–Kier alpha value is -3.28. The molecule has 1 saturated heterocycles. The second kappa shape index (κ2) is 6.95. The molecule has 6 nitrogen and oxygen atoms in total. The number of benzene rings is 1. The van der Waals surface area contributed by atoms with Gasteiger partial charge in [-0.3, -0.25) is 9.59 Å². The monoisotopic (exact) mass is 390 g/mol. The van der Waals surface area contributed by atoms with Crippen molar-refractivity contribution in [1.82, 2.24) is 9.47 Å². The Bertz CT molecular complexity index is 1100. The number of aromatic nitrogens is 1. The van der Waals surface area contributed by atoms with Gasteiger partial charge in [-0.15, -0.1) is 0 Å². The van der Waals surface area contributed by atoms with Crippen LogP contribution >= 0.6 is 0 Å². The second-order valence-electron chi connectivity index (χ2n) is 7.80. The molecule has 6 heteroatoms. The molecule has 0 saturated carbocycles. The van der Waals surface area contributed by atoms with Crippen molar-refractivity contribution in [3.8, 4) is 17.1 Å². The van der Waals surface area contributed by atoms with Crippen molar-refractivity contribution in [2.45, 2.75) is 18.9 Å². The number of hydrogen-bond donors (Lipinski definition) is 0. The number of ether oxygens (including phenoxy) is 1. The highest BCUT2D eigenvalue weighted by atomic mass is 16.5. The lowest BCUT2D eigenvalue weighted by Crippen LogP contribution is -2.49. The number of furan rings is 1. The van der Waals surface area contributed by atoms with Crippen LogP contribution in [0.25, 0.3) is 11.3 Å². The summed E-state index contributed by atoms with van der Waals surface area (Å²) in [7, 11) is 1.61. The van der Waals surface area contributed by atoms with Gasteiger partial charge in [0.2, 0.25) is 0 Å². The zero-order valence-corrected chi connectivity index (χ0v) is 16.2. The average molecular weight is 390 g/mol. The van der Waals surface area contributed by atoms with Gasteiger partial charge in [-0.2, -0.15) is 0 Å². The predicted molar refractivity (Wildman–Crippen MR) is 108 cm³/mol. The third kappa shape index (κ3) is 3.05. The van der Waals surface area contributed by atoms with Gasteiger partial charge in [-0.05, 0) is 60.9 Å². The zero-order valence-electron chi connectivity index (χ0n) is 16.2. The van der Waals surface area contributed by atoms with Crippen LogP contribution in [-0.4, -0.2) is 35.6 Å². The van der Waals surface area contributed by atoms with Crippen molar-refractivity contribution >= 4 is 5.91 Å². The Labute approximate surface area is 168 Å². The summed E-state index contributed by atoms with van der Waals surface area (Å²) in [6.45, 7) is 1.92. The summed E-state index contributed by atoms with van der Waals surface area (Å²) in [4.78, 5) is 28.0. The van der Waals surface area contributed by atoms with Gasteiger partial charge >= 0.3 is 0 Å². The maximum absolute atomic E-state index is 13.1. The summed E-state index contributed by atoms with van der Waals surface area (Å²) in [5.74, 6) is 1.80. The number of amides is 1. The van der Waals surface area contributed by atoms with Gasteiger partial charge in [0.25, 0.3) is 11.5 Å². The normalized spacial score (nSPS) is 20.2. The smallest absolute Gasteiger partial charge is 0.261 e. The molecule has 0 radical (unpaired) electrons. The number of likely N-dealkylation sites (tertiary alicyclic amines) is 1. The van der Waals surface area contributed by atoms with Gasteiger partial charge in [0.05, 0.1) is 18.9 Å². The molecule has 2 aliphatic heterocycles. The van der Waals surface area contributed by atoms with Crippen LogP contribution in [0, 0.1) is 5.92 Å². The molecule has 0 unspecified atom stereocenters. The van der Waals surface area contributed by atoms with Gasteiger partial charge in [-0.25, -0.2) is 0 Å². The maximum Gasteiger partial charge on any atom is 0.261 e. The number of piperidine rings is 1. The van der Waals surface area contributed by atoms with E-state index in [0.717, 1.165) is 17.9 Å². The summed E-state index contributed by atoms with van der Waals surface area (Å²) in [6.07, 6.45) is 2.59. The Morgan fingerprint density at radius 3 is 2.62 bits per heavy atom. The topological polar surface area (TPSA) is 64.7 Å². The van der Waals surface area contributed by atoms with Crippen LogP contribution in [0.1, 0.15) is 28.4 Å². The van der Waals surface area contributed by atoms with E-state index in [-0.39, 0.29) is 23.3 Å². The van der Waals surface area contributed by atoms with Crippen molar-refractivity contribution in [2.24, 2.45) is 5.92 Å². The van der Waals surface area contributed by atoms with Crippen LogP contribution in [0.3, 0.4) is 0 Å². The summed E-state index contributed by atoms with van der Waals surface area (Å²) >= 11 is 0. The third-order valence-corrected chi connectivity index (χ3v) is 6.02. The first kappa shape index (κ1) is 17.8. The molecule has 4 heterocycles. The van der Waals surface area contributed by atoms with E-state index in [1.54, 1.807) is 31.6 Å². The van der Waals surface area contributed by atoms with Gasteiger partial charge < -0.3 is 18.6 Å². The molecule has 2 bridgehead atoms. The quantitative estimate of drug-likeness (QED) is 0.688. The Balaban J connectivity index is 1.43. The molecular weight excluding hydrogens is 368 g/mol. The van der Waals surface area contributed by atoms with E-state index < -0.39 is 0 Å². The van der Waals surface area contributed by atoms with E-state index in [9.17, 15) is 9.59 Å². The van der Waals surface area contributed by atoms with Crippen molar-refractivity contribution in [3.05, 3.63) is 76.4 Å². The van der Waals surface area contributed by atoms with E-state index in [1.165, 1.54) is 0 Å². The molecule has 0 N–H and O–H groups in total. The lowest BCUT2D eigenvalue weighted by Gasteiger charge is -2.43. The molecule has 2 aromatic heterocycles. The van der Waals surface area contributed by atoms with Crippen LogP contribution in [-0.2, 0) is 6.54 Å². The molecule has 0 spiro atoms. The zero-order chi connectivity index (χ0) is 20.0. The molecular formula is C23H22N2O4. The first-order chi connectivity index (χ1) is 14.1. The lowest BCUT2D eigenvalue weighted by molar-refractivity contribution is 0.0594. The number of pyridine rings is 1. The van der Waals surface area contributed by atoms with E-state index in [4.69, 9.17) is 9.15 Å². The number of methoxy groups -OCH3 is 1. The van der Waals surface area contributed by atoms with Gasteiger partial charge in [0.1, 0.15) is 11.5 Å². The summed E-state index contributed by atoms with van der Waals surface area (Å²) in [5.41, 5.74) is 2.25. The molecule has 3 aromatic rings. The standard InChI is InChI=1S/C23H22N2O4/c1-28-18-6-4-16(5-7-18)22(26)24-12-15-11-17(14-24)20-9-8-19(21-3-2-10-29-21)23(27)25(20)13-15/h2-10,15,17H,11-14H2,1H3/t15-,17+/m0/s1. The van der Waals surface area contributed by atoms with E-state index in [1.807, 2.05) is 39.8 Å². The second-order valence-corrected chi connectivity index (χ2v) is 7.80. The number of hydrogen-bond acceptors (Lipinski definition) is 4. The number of carbonyl (C=O) groups is 1. The number of nitrogens with zero attached hydrogens (tertiary/aromatic N) is 2. The van der Waals surface area contributed by atoms with Crippen molar-refractivity contribution < 1.29 is 13.9 Å². The maximum atomic E-state index is 13.1. The summed E-state index contributed by atoms with van der Waals surface area (Å²) in [5, 5.41) is 0. The molecule has 5 rings (SSSR count). The molecule has 1 aromatic carbocycles. The number of fused-ring (bicyclic) bond motifs is 4. The fraction of sp³-hybridized carbons (Fsp3) is 0.304. The molecule has 2 aliphatic rings. The highest BCUT2D eigenvalue weighted by molar-refractivity contribution is 5.94. The van der Waals surface area contributed by atoms with Crippen LogP contribution in [0.2, 0.25) is 0 Å². The van der Waals surface area contributed by atoms with Crippen molar-refractivity contribution in [1.29, 1.82) is 0 Å². The SMILES string of the molecule is COc1ccc(C(=O)N2C[C@@H]3C[C@H](C2)c2ccc(-c4ccco4)c(=O)n2C3)cc1. The van der Waals surface area contributed by atoms with E-state index >= 15 is 0 Å². The molecule has 2 atom stereocenters. The van der Waals surface area contributed by atoms with Crippen LogP contribution in [0.15, 0.2) is 64.0 Å². The largest absolute Gasteiger partial charge is 0.497 e. The van der Waals surface area contributed by atoms with Crippen LogP contribution < -0.4 is 10.3 Å². The highest BCUT2D eigenvalue weighted by Crippen LogP contribution is 2.36. The van der Waals surface area contributed by atoms with E-state index in [0.29, 0.717) is 36.5 Å². The van der Waals surface area contributed by atoms with Crippen LogP contribution in [0.4, 0.5) is 0 Å². The average Bonchev–Trinajstić information content (AvgIpc) is 3.28. The van der Waals surface area contributed by atoms with Gasteiger partial charge in [0.15, 0.2) is 0 Å². The molecule has 29 heavy (non-hydrogen) atoms. The molecule has 1 amide bonds. The van der Waals surface area contributed by atoms with Gasteiger partial charge in [-0.1, -0.05) is 0 Å². The minimum Gasteiger partial charge on any atom is -0.497 e. The fourth-order valence-corrected chi connectivity index (χ4v) is 4.65.